The normalized spacial score (nSPS) is 20.5. The zero-order chi connectivity index (χ0) is 10.8. The molecule has 1 N–H and O–H groups in total. The van der Waals surface area contributed by atoms with Gasteiger partial charge in [0, 0.05) is 41.6 Å². The first kappa shape index (κ1) is 11.0. The van der Waals surface area contributed by atoms with Crippen LogP contribution in [0.15, 0.2) is 6.20 Å². The maximum Gasteiger partial charge on any atom is 0.185 e. The number of thiazole rings is 1. The fourth-order valence-corrected chi connectivity index (χ4v) is 3.40. The summed E-state index contributed by atoms with van der Waals surface area (Å²) in [6.45, 7) is 3.35. The molecule has 6 heteroatoms. The molecule has 84 valence electrons. The summed E-state index contributed by atoms with van der Waals surface area (Å²) >= 11 is 1.51. The number of rotatable bonds is 2. The molecule has 0 saturated carbocycles. The Balaban J connectivity index is 2.06. The highest BCUT2D eigenvalue weighted by Crippen LogP contribution is 2.27. The SMILES string of the molecule is CC(O)c1cnc(N2CCS(=O)CC2)s1. The average molecular weight is 246 g/mol. The summed E-state index contributed by atoms with van der Waals surface area (Å²) in [5.41, 5.74) is 0. The molecule has 1 saturated heterocycles. The molecule has 2 rings (SSSR count). The van der Waals surface area contributed by atoms with Crippen LogP contribution in [0.25, 0.3) is 0 Å². The third kappa shape index (κ3) is 2.56. The maximum atomic E-state index is 11.2. The van der Waals surface area contributed by atoms with Gasteiger partial charge < -0.3 is 10.0 Å². The van der Waals surface area contributed by atoms with Crippen LogP contribution in [0.1, 0.15) is 17.9 Å². The van der Waals surface area contributed by atoms with E-state index in [1.165, 1.54) is 11.3 Å². The van der Waals surface area contributed by atoms with Crippen LogP contribution >= 0.6 is 11.3 Å². The van der Waals surface area contributed by atoms with Crippen molar-refractivity contribution in [2.45, 2.75) is 13.0 Å². The van der Waals surface area contributed by atoms with Crippen LogP contribution < -0.4 is 4.90 Å². The molecule has 1 aromatic rings. The molecule has 0 amide bonds. The van der Waals surface area contributed by atoms with E-state index in [1.54, 1.807) is 13.1 Å². The van der Waals surface area contributed by atoms with Crippen molar-refractivity contribution in [1.29, 1.82) is 0 Å². The number of hydrogen-bond acceptors (Lipinski definition) is 5. The van der Waals surface area contributed by atoms with Gasteiger partial charge >= 0.3 is 0 Å². The third-order valence-corrected chi connectivity index (χ3v) is 4.88. The Labute approximate surface area is 95.4 Å². The van der Waals surface area contributed by atoms with Crippen molar-refractivity contribution < 1.29 is 9.32 Å². The molecule has 0 aromatic carbocycles. The minimum Gasteiger partial charge on any atom is -0.388 e. The molecule has 1 fully saturated rings. The number of anilines is 1. The highest BCUT2D eigenvalue weighted by molar-refractivity contribution is 7.85. The zero-order valence-electron chi connectivity index (χ0n) is 8.55. The first-order valence-corrected chi connectivity index (χ1v) is 7.21. The predicted molar refractivity (Wildman–Crippen MR) is 62.8 cm³/mol. The standard InChI is InChI=1S/C9H14N2O2S2/c1-7(12)8-6-10-9(14-8)11-2-4-15(13)5-3-11/h6-7,12H,2-5H2,1H3. The molecule has 1 aliphatic heterocycles. The zero-order valence-corrected chi connectivity index (χ0v) is 10.2. The van der Waals surface area contributed by atoms with Crippen LogP contribution in [0.2, 0.25) is 0 Å². The lowest BCUT2D eigenvalue weighted by atomic mass is 10.4. The first-order chi connectivity index (χ1) is 7.16. The highest BCUT2D eigenvalue weighted by atomic mass is 32.2. The van der Waals surface area contributed by atoms with E-state index in [1.807, 2.05) is 0 Å². The van der Waals surface area contributed by atoms with Crippen molar-refractivity contribution in [3.8, 4) is 0 Å². The molecule has 0 radical (unpaired) electrons. The van der Waals surface area contributed by atoms with E-state index in [9.17, 15) is 9.32 Å². The van der Waals surface area contributed by atoms with Gasteiger partial charge in [-0.3, -0.25) is 4.21 Å². The third-order valence-electron chi connectivity index (χ3n) is 2.37. The smallest absolute Gasteiger partial charge is 0.185 e. The van der Waals surface area contributed by atoms with Crippen LogP contribution in [0.3, 0.4) is 0 Å². The highest BCUT2D eigenvalue weighted by Gasteiger charge is 2.18. The van der Waals surface area contributed by atoms with Crippen LogP contribution in [-0.4, -0.2) is 38.9 Å². The molecule has 4 nitrogen and oxygen atoms in total. The summed E-state index contributed by atoms with van der Waals surface area (Å²) in [4.78, 5) is 7.29. The topological polar surface area (TPSA) is 53.4 Å². The molecule has 1 aliphatic rings. The quantitative estimate of drug-likeness (QED) is 0.837. The van der Waals surface area contributed by atoms with Gasteiger partial charge in [-0.2, -0.15) is 0 Å². The molecular formula is C9H14N2O2S2. The van der Waals surface area contributed by atoms with Crippen LogP contribution in [0.4, 0.5) is 5.13 Å². The van der Waals surface area contributed by atoms with Crippen LogP contribution in [-0.2, 0) is 10.8 Å². The first-order valence-electron chi connectivity index (χ1n) is 4.90. The Morgan fingerprint density at radius 2 is 2.27 bits per heavy atom. The minimum absolute atomic E-state index is 0.449. The van der Waals surface area contributed by atoms with Gasteiger partial charge in [0.2, 0.25) is 0 Å². The van der Waals surface area contributed by atoms with E-state index in [0.717, 1.165) is 34.6 Å². The van der Waals surface area contributed by atoms with Crippen LogP contribution in [0, 0.1) is 0 Å². The fraction of sp³-hybridized carbons (Fsp3) is 0.667. The van der Waals surface area contributed by atoms with E-state index in [0.29, 0.717) is 0 Å². The molecule has 15 heavy (non-hydrogen) atoms. The van der Waals surface area contributed by atoms with E-state index >= 15 is 0 Å². The number of nitrogens with zero attached hydrogens (tertiary/aromatic N) is 2. The van der Waals surface area contributed by atoms with Crippen LogP contribution in [0.5, 0.6) is 0 Å². The van der Waals surface area contributed by atoms with Crippen molar-refractivity contribution in [3.63, 3.8) is 0 Å². The van der Waals surface area contributed by atoms with Crippen molar-refractivity contribution >= 4 is 27.3 Å². The second kappa shape index (κ2) is 4.59. The largest absolute Gasteiger partial charge is 0.388 e. The molecule has 0 bridgehead atoms. The Hall–Kier alpha value is -0.460. The average Bonchev–Trinajstić information content (AvgIpc) is 2.68. The van der Waals surface area contributed by atoms with Gasteiger partial charge in [0.05, 0.1) is 11.0 Å². The Bertz CT molecular complexity index is 355. The second-order valence-electron chi connectivity index (χ2n) is 3.56. The van der Waals surface area contributed by atoms with Gasteiger partial charge in [0.25, 0.3) is 0 Å². The van der Waals surface area contributed by atoms with Crippen molar-refractivity contribution in [2.75, 3.05) is 29.5 Å². The van der Waals surface area contributed by atoms with Gasteiger partial charge in [0.1, 0.15) is 0 Å². The number of hydrogen-bond donors (Lipinski definition) is 1. The van der Waals surface area contributed by atoms with Gasteiger partial charge in [-0.1, -0.05) is 11.3 Å². The number of aliphatic hydroxyl groups is 1. The Kier molecular flexibility index (Phi) is 3.38. The molecular weight excluding hydrogens is 232 g/mol. The van der Waals surface area contributed by atoms with E-state index in [-0.39, 0.29) is 0 Å². The van der Waals surface area contributed by atoms with Gasteiger partial charge in [0.15, 0.2) is 5.13 Å². The lowest BCUT2D eigenvalue weighted by Crippen LogP contribution is -2.37. The fourth-order valence-electron chi connectivity index (χ4n) is 1.45. The molecule has 0 aliphatic carbocycles. The van der Waals surface area contributed by atoms with Gasteiger partial charge in [-0.25, -0.2) is 4.98 Å². The molecule has 1 unspecified atom stereocenters. The lowest BCUT2D eigenvalue weighted by molar-refractivity contribution is 0.203. The van der Waals surface area contributed by atoms with Crippen molar-refractivity contribution in [1.82, 2.24) is 4.98 Å². The van der Waals surface area contributed by atoms with Crippen molar-refractivity contribution in [2.24, 2.45) is 0 Å². The maximum absolute atomic E-state index is 11.2. The van der Waals surface area contributed by atoms with E-state index in [2.05, 4.69) is 9.88 Å². The van der Waals surface area contributed by atoms with Gasteiger partial charge in [-0.05, 0) is 6.92 Å². The minimum atomic E-state index is -0.651. The molecule has 1 aromatic heterocycles. The summed E-state index contributed by atoms with van der Waals surface area (Å²) < 4.78 is 11.2. The molecule has 1 atom stereocenters. The van der Waals surface area contributed by atoms with E-state index < -0.39 is 16.9 Å². The molecule has 2 heterocycles. The summed E-state index contributed by atoms with van der Waals surface area (Å²) in [5.74, 6) is 1.45. The summed E-state index contributed by atoms with van der Waals surface area (Å²) in [5, 5.41) is 10.3. The second-order valence-corrected chi connectivity index (χ2v) is 6.29. The summed E-state index contributed by atoms with van der Waals surface area (Å²) in [7, 11) is -0.651. The monoisotopic (exact) mass is 246 g/mol. The summed E-state index contributed by atoms with van der Waals surface area (Å²) in [6, 6.07) is 0. The molecule has 0 spiro atoms. The van der Waals surface area contributed by atoms with E-state index in [4.69, 9.17) is 0 Å². The number of aromatic nitrogens is 1. The number of aliphatic hydroxyl groups excluding tert-OH is 1. The summed E-state index contributed by atoms with van der Waals surface area (Å²) in [6.07, 6.45) is 1.27. The van der Waals surface area contributed by atoms with Gasteiger partial charge in [-0.15, -0.1) is 0 Å². The van der Waals surface area contributed by atoms with Crippen molar-refractivity contribution in [3.05, 3.63) is 11.1 Å². The Morgan fingerprint density at radius 3 is 2.80 bits per heavy atom. The lowest BCUT2D eigenvalue weighted by Gasteiger charge is -2.25. The Morgan fingerprint density at radius 1 is 1.60 bits per heavy atom. The predicted octanol–water partition coefficient (Wildman–Crippen LogP) is 0.765.